The third-order valence-corrected chi connectivity index (χ3v) is 5.01. The topological polar surface area (TPSA) is 69.1 Å². The normalized spacial score (nSPS) is 23.5. The molecule has 24 heavy (non-hydrogen) atoms. The van der Waals surface area contributed by atoms with Crippen LogP contribution in [0.2, 0.25) is 0 Å². The van der Waals surface area contributed by atoms with Crippen molar-refractivity contribution in [2.24, 2.45) is 5.92 Å². The molecule has 1 aliphatic carbocycles. The van der Waals surface area contributed by atoms with Crippen LogP contribution in [-0.4, -0.2) is 28.8 Å². The van der Waals surface area contributed by atoms with Gasteiger partial charge >= 0.3 is 0 Å². The van der Waals surface area contributed by atoms with Gasteiger partial charge in [0.25, 0.3) is 5.91 Å². The molecule has 0 bridgehead atoms. The maximum absolute atomic E-state index is 12.9. The number of amides is 1. The second-order valence-corrected chi connectivity index (χ2v) is 6.75. The highest BCUT2D eigenvalue weighted by Gasteiger charge is 2.58. The van der Waals surface area contributed by atoms with E-state index in [1.807, 2.05) is 37.5 Å². The van der Waals surface area contributed by atoms with Crippen LogP contribution < -0.4 is 5.32 Å². The summed E-state index contributed by atoms with van der Waals surface area (Å²) in [5.41, 5.74) is 3.32. The average Bonchev–Trinajstić information content (AvgIpc) is 3.40. The van der Waals surface area contributed by atoms with Gasteiger partial charge in [-0.3, -0.25) is 20.1 Å². The van der Waals surface area contributed by atoms with Gasteiger partial charge in [-0.15, -0.1) is 0 Å². The van der Waals surface area contributed by atoms with Crippen molar-refractivity contribution >= 4 is 11.9 Å². The van der Waals surface area contributed by atoms with E-state index in [0.717, 1.165) is 35.1 Å². The zero-order chi connectivity index (χ0) is 16.9. The smallest absolute Gasteiger partial charge is 0.259 e. The lowest BCUT2D eigenvalue weighted by atomic mass is 9.83. The van der Waals surface area contributed by atoms with E-state index in [4.69, 9.17) is 5.41 Å². The first-order valence-corrected chi connectivity index (χ1v) is 8.20. The number of pyridine rings is 1. The number of likely N-dealkylation sites (N-methyl/N-ethyl adjacent to an activating group) is 1. The Morgan fingerprint density at radius 3 is 2.67 bits per heavy atom. The lowest BCUT2D eigenvalue weighted by molar-refractivity contribution is -0.131. The number of carbonyl (C=O) groups is 1. The van der Waals surface area contributed by atoms with Crippen LogP contribution in [0.1, 0.15) is 24.0 Å². The van der Waals surface area contributed by atoms with E-state index in [-0.39, 0.29) is 17.8 Å². The number of aryl methyl sites for hydroxylation is 1. The van der Waals surface area contributed by atoms with E-state index in [0.29, 0.717) is 0 Å². The Hall–Kier alpha value is -2.69. The first-order chi connectivity index (χ1) is 11.5. The third kappa shape index (κ3) is 2.12. The highest BCUT2D eigenvalue weighted by atomic mass is 16.2. The van der Waals surface area contributed by atoms with Crippen molar-refractivity contribution in [1.29, 1.82) is 5.41 Å². The molecule has 1 amide bonds. The summed E-state index contributed by atoms with van der Waals surface area (Å²) >= 11 is 0. The van der Waals surface area contributed by atoms with Gasteiger partial charge in [0.05, 0.1) is 0 Å². The van der Waals surface area contributed by atoms with Crippen LogP contribution in [0.25, 0.3) is 11.1 Å². The summed E-state index contributed by atoms with van der Waals surface area (Å²) in [6.07, 6.45) is 5.69. The summed E-state index contributed by atoms with van der Waals surface area (Å²) in [5.74, 6) is 0.394. The molecule has 2 aromatic rings. The summed E-state index contributed by atoms with van der Waals surface area (Å²) in [6.45, 7) is 2.02. The van der Waals surface area contributed by atoms with Crippen molar-refractivity contribution in [2.45, 2.75) is 25.3 Å². The number of nitrogens with one attached hydrogen (secondary N) is 2. The van der Waals surface area contributed by atoms with Crippen molar-refractivity contribution in [3.8, 4) is 11.1 Å². The van der Waals surface area contributed by atoms with E-state index in [1.54, 1.807) is 7.05 Å². The van der Waals surface area contributed by atoms with Gasteiger partial charge in [0.2, 0.25) is 0 Å². The number of carbonyl (C=O) groups excluding carboxylic acids is 1. The molecule has 2 N–H and O–H groups in total. The first kappa shape index (κ1) is 14.9. The van der Waals surface area contributed by atoms with Crippen LogP contribution in [0.4, 0.5) is 0 Å². The fourth-order valence-electron chi connectivity index (χ4n) is 3.57. The molecule has 2 fully saturated rings. The lowest BCUT2D eigenvalue weighted by Gasteiger charge is -2.28. The van der Waals surface area contributed by atoms with E-state index in [9.17, 15) is 4.79 Å². The van der Waals surface area contributed by atoms with E-state index in [1.165, 1.54) is 4.90 Å². The Bertz CT molecular complexity index is 843. The van der Waals surface area contributed by atoms with Crippen LogP contribution in [-0.2, 0) is 10.3 Å². The average molecular weight is 320 g/mol. The molecule has 1 atom stereocenters. The summed E-state index contributed by atoms with van der Waals surface area (Å²) in [5, 5.41) is 11.2. The Kier molecular flexibility index (Phi) is 3.20. The second-order valence-electron chi connectivity index (χ2n) is 6.75. The van der Waals surface area contributed by atoms with Gasteiger partial charge < -0.3 is 5.32 Å². The standard InChI is InChI=1S/C19H20N4O/c1-12-8-14(11-21-10-12)13-4-3-5-16(9-13)19(15-6-7-15)17(24)23(2)18(20)22-19/h3-5,8-11,15H,6-7H2,1-2H3,(H2,20,22)/t19-/m1/s1. The number of aromatic nitrogens is 1. The largest absolute Gasteiger partial charge is 0.338 e. The molecule has 122 valence electrons. The van der Waals surface area contributed by atoms with E-state index < -0.39 is 5.54 Å². The van der Waals surface area contributed by atoms with Gasteiger partial charge in [-0.1, -0.05) is 18.2 Å². The van der Waals surface area contributed by atoms with Gasteiger partial charge in [-0.05, 0) is 54.5 Å². The Balaban J connectivity index is 1.82. The highest BCUT2D eigenvalue weighted by Crippen LogP contribution is 2.49. The molecule has 0 unspecified atom stereocenters. The van der Waals surface area contributed by atoms with E-state index in [2.05, 4.69) is 22.4 Å². The molecule has 2 heterocycles. The third-order valence-electron chi connectivity index (χ3n) is 5.01. The second kappa shape index (κ2) is 5.16. The minimum Gasteiger partial charge on any atom is -0.338 e. The molecule has 1 aromatic carbocycles. The SMILES string of the molecule is Cc1cncc(-c2cccc([C@@]3(C4CC4)NC(=N)N(C)C3=O)c2)c1. The molecular formula is C19H20N4O. The van der Waals surface area contributed by atoms with Gasteiger partial charge in [0, 0.05) is 25.0 Å². The monoisotopic (exact) mass is 320 g/mol. The maximum Gasteiger partial charge on any atom is 0.259 e. The fourth-order valence-corrected chi connectivity index (χ4v) is 3.57. The van der Waals surface area contributed by atoms with Gasteiger partial charge in [-0.25, -0.2) is 0 Å². The summed E-state index contributed by atoms with van der Waals surface area (Å²) < 4.78 is 0. The quantitative estimate of drug-likeness (QED) is 0.913. The Morgan fingerprint density at radius 2 is 2.04 bits per heavy atom. The lowest BCUT2D eigenvalue weighted by Crippen LogP contribution is -2.46. The number of rotatable bonds is 3. The van der Waals surface area contributed by atoms with Crippen molar-refractivity contribution in [3.63, 3.8) is 0 Å². The molecule has 5 nitrogen and oxygen atoms in total. The summed E-state index contributed by atoms with van der Waals surface area (Å²) in [4.78, 5) is 18.6. The Labute approximate surface area is 141 Å². The molecule has 4 rings (SSSR count). The van der Waals surface area contributed by atoms with Crippen LogP contribution in [0.5, 0.6) is 0 Å². The van der Waals surface area contributed by atoms with Gasteiger partial charge in [0.1, 0.15) is 5.54 Å². The van der Waals surface area contributed by atoms with Crippen molar-refractivity contribution in [1.82, 2.24) is 15.2 Å². The first-order valence-electron chi connectivity index (χ1n) is 8.20. The molecule has 1 saturated carbocycles. The minimum absolute atomic E-state index is 0.0329. The predicted octanol–water partition coefficient (Wildman–Crippen LogP) is 2.66. The summed E-state index contributed by atoms with van der Waals surface area (Å²) in [6, 6.07) is 10.2. The van der Waals surface area contributed by atoms with Crippen molar-refractivity contribution in [3.05, 3.63) is 53.9 Å². The zero-order valence-electron chi connectivity index (χ0n) is 13.8. The minimum atomic E-state index is -0.793. The van der Waals surface area contributed by atoms with Crippen LogP contribution in [0, 0.1) is 18.3 Å². The number of hydrogen-bond donors (Lipinski definition) is 2. The highest BCUT2D eigenvalue weighted by molar-refractivity contribution is 6.08. The molecule has 0 spiro atoms. The molecule has 2 aliphatic rings. The van der Waals surface area contributed by atoms with Crippen molar-refractivity contribution < 1.29 is 4.79 Å². The van der Waals surface area contributed by atoms with Gasteiger partial charge in [-0.2, -0.15) is 0 Å². The molecule has 1 aliphatic heterocycles. The molecule has 1 saturated heterocycles. The van der Waals surface area contributed by atoms with Crippen LogP contribution in [0.15, 0.2) is 42.7 Å². The van der Waals surface area contributed by atoms with E-state index >= 15 is 0 Å². The maximum atomic E-state index is 12.9. The van der Waals surface area contributed by atoms with Gasteiger partial charge in [0.15, 0.2) is 5.96 Å². The molecule has 1 aromatic heterocycles. The molecule has 5 heteroatoms. The Morgan fingerprint density at radius 1 is 1.25 bits per heavy atom. The number of guanidine groups is 1. The van der Waals surface area contributed by atoms with Crippen LogP contribution in [0.3, 0.4) is 0 Å². The fraction of sp³-hybridized carbons (Fsp3) is 0.316. The molecular weight excluding hydrogens is 300 g/mol. The summed E-state index contributed by atoms with van der Waals surface area (Å²) in [7, 11) is 1.66. The van der Waals surface area contributed by atoms with Crippen molar-refractivity contribution in [2.75, 3.05) is 7.05 Å². The number of hydrogen-bond acceptors (Lipinski definition) is 3. The predicted molar refractivity (Wildman–Crippen MR) is 92.4 cm³/mol. The number of benzene rings is 1. The zero-order valence-corrected chi connectivity index (χ0v) is 13.8. The van der Waals surface area contributed by atoms with Crippen LogP contribution >= 0.6 is 0 Å². The number of nitrogens with zero attached hydrogens (tertiary/aromatic N) is 2. The molecule has 0 radical (unpaired) electrons.